The van der Waals surface area contributed by atoms with Crippen molar-refractivity contribution in [1.82, 2.24) is 18.8 Å². The van der Waals surface area contributed by atoms with Gasteiger partial charge in [0.05, 0.1) is 17.3 Å². The molecular formula is C21H23ClFN5OS2. The molecule has 0 bridgehead atoms. The minimum Gasteiger partial charge on any atom is -0.325 e. The van der Waals surface area contributed by atoms with Gasteiger partial charge in [-0.2, -0.15) is 5.10 Å². The Hall–Kier alpha value is -2.04. The highest BCUT2D eigenvalue weighted by molar-refractivity contribution is 8.10. The minimum atomic E-state index is -0.538. The molecule has 164 valence electrons. The Labute approximate surface area is 192 Å². The Bertz CT molecular complexity index is 1130. The fourth-order valence-corrected chi connectivity index (χ4v) is 5.88. The number of thiophene rings is 1. The first kappa shape index (κ1) is 22.2. The summed E-state index contributed by atoms with van der Waals surface area (Å²) in [5, 5.41) is 9.29. The molecule has 0 radical (unpaired) electrons. The summed E-state index contributed by atoms with van der Waals surface area (Å²) in [7, 11) is 1.34. The second-order valence-corrected chi connectivity index (χ2v) is 10.2. The summed E-state index contributed by atoms with van der Waals surface area (Å²) < 4.78 is 20.8. The molecule has 1 aliphatic rings. The van der Waals surface area contributed by atoms with Gasteiger partial charge >= 0.3 is 0 Å². The largest absolute Gasteiger partial charge is 0.325 e. The zero-order valence-electron chi connectivity index (χ0n) is 17.1. The number of benzene rings is 1. The number of carbonyl (C=O) groups excluding carboxylic acids is 1. The van der Waals surface area contributed by atoms with Crippen LogP contribution in [0.25, 0.3) is 11.1 Å². The van der Waals surface area contributed by atoms with Crippen molar-refractivity contribution in [2.24, 2.45) is 0 Å². The number of likely N-dealkylation sites (N-methyl/N-ethyl adjacent to an activating group) is 1. The van der Waals surface area contributed by atoms with E-state index in [9.17, 15) is 9.18 Å². The Balaban J connectivity index is 1.51. The Morgan fingerprint density at radius 2 is 2.26 bits per heavy atom. The molecule has 10 heteroatoms. The first-order chi connectivity index (χ1) is 14.9. The van der Waals surface area contributed by atoms with Crippen molar-refractivity contribution in [3.05, 3.63) is 57.8 Å². The highest BCUT2D eigenvalue weighted by atomic mass is 35.5. The SMILES string of the molecule is C=S1NC(c2cc(-c3cnn(CC)c3)cs2)CC(C(=O)Nc2ccc(F)c(Cl)c2)N1C. The number of nitrogens with one attached hydrogen (secondary N) is 2. The number of aromatic nitrogens is 2. The fraction of sp³-hybridized carbons (Fsp3) is 0.286. The summed E-state index contributed by atoms with van der Waals surface area (Å²) in [6, 6.07) is 5.93. The molecule has 3 heterocycles. The summed E-state index contributed by atoms with van der Waals surface area (Å²) in [4.78, 5) is 14.2. The molecule has 1 amide bonds. The van der Waals surface area contributed by atoms with E-state index in [1.54, 1.807) is 11.3 Å². The van der Waals surface area contributed by atoms with Gasteiger partial charge in [0.25, 0.3) is 0 Å². The van der Waals surface area contributed by atoms with Gasteiger partial charge in [-0.05, 0) is 61.5 Å². The first-order valence-corrected chi connectivity index (χ1v) is 12.4. The van der Waals surface area contributed by atoms with E-state index in [-0.39, 0.29) is 23.0 Å². The molecule has 1 fully saturated rings. The average Bonchev–Trinajstić information content (AvgIpc) is 3.42. The maximum atomic E-state index is 13.4. The molecule has 31 heavy (non-hydrogen) atoms. The number of hydrogen-bond donors (Lipinski definition) is 2. The lowest BCUT2D eigenvalue weighted by Crippen LogP contribution is -2.47. The van der Waals surface area contributed by atoms with E-state index >= 15 is 0 Å². The number of rotatable bonds is 5. The third-order valence-electron chi connectivity index (χ3n) is 5.27. The van der Waals surface area contributed by atoms with Gasteiger partial charge in [-0.1, -0.05) is 22.5 Å². The molecule has 2 aromatic heterocycles. The van der Waals surface area contributed by atoms with Gasteiger partial charge < -0.3 is 5.32 Å². The summed E-state index contributed by atoms with van der Waals surface area (Å²) in [5.41, 5.74) is 2.66. The third kappa shape index (κ3) is 4.75. The summed E-state index contributed by atoms with van der Waals surface area (Å²) in [5.74, 6) is 3.50. The number of anilines is 1. The van der Waals surface area contributed by atoms with Crippen LogP contribution in [0.1, 0.15) is 24.3 Å². The molecule has 3 unspecified atom stereocenters. The predicted molar refractivity (Wildman–Crippen MR) is 128 cm³/mol. The van der Waals surface area contributed by atoms with Gasteiger partial charge in [0.1, 0.15) is 11.9 Å². The van der Waals surface area contributed by atoms with Crippen LogP contribution >= 0.6 is 33.8 Å². The lowest BCUT2D eigenvalue weighted by atomic mass is 10.0. The fourth-order valence-electron chi connectivity index (χ4n) is 3.44. The van der Waals surface area contributed by atoms with Crippen LogP contribution in [-0.2, 0) is 11.3 Å². The van der Waals surface area contributed by atoms with Gasteiger partial charge in [0, 0.05) is 28.9 Å². The summed E-state index contributed by atoms with van der Waals surface area (Å²) in [6.07, 6.45) is 4.49. The standard InChI is InChI=1S/C21H23ClFN5OS2/c1-4-28-11-14(10-24-28)13-7-20(30-12-13)18-9-19(27(2)31(3)26-18)21(29)25-15-5-6-17(23)16(22)8-15/h5-8,10-12,18-19,26H,3-4,9H2,1-2H3,(H,25,29). The van der Waals surface area contributed by atoms with Crippen molar-refractivity contribution in [3.63, 3.8) is 0 Å². The maximum Gasteiger partial charge on any atom is 0.242 e. The van der Waals surface area contributed by atoms with Gasteiger partial charge in [-0.15, -0.1) is 11.3 Å². The second-order valence-electron chi connectivity index (χ2n) is 7.27. The van der Waals surface area contributed by atoms with E-state index in [2.05, 4.69) is 39.4 Å². The van der Waals surface area contributed by atoms with Crippen molar-refractivity contribution >= 4 is 51.3 Å². The molecule has 1 aromatic carbocycles. The number of aryl methyl sites for hydroxylation is 1. The van der Waals surface area contributed by atoms with Gasteiger partial charge in [-0.3, -0.25) is 9.48 Å². The van der Waals surface area contributed by atoms with Gasteiger partial charge in [-0.25, -0.2) is 13.4 Å². The quantitative estimate of drug-likeness (QED) is 0.509. The lowest BCUT2D eigenvalue weighted by molar-refractivity contribution is -0.119. The van der Waals surface area contributed by atoms with Crippen molar-refractivity contribution in [3.8, 4) is 11.1 Å². The van der Waals surface area contributed by atoms with E-state index < -0.39 is 16.7 Å². The molecule has 2 N–H and O–H groups in total. The van der Waals surface area contributed by atoms with Crippen LogP contribution < -0.4 is 10.0 Å². The van der Waals surface area contributed by atoms with Gasteiger partial charge in [0.15, 0.2) is 0 Å². The van der Waals surface area contributed by atoms with E-state index in [4.69, 9.17) is 11.6 Å². The van der Waals surface area contributed by atoms with E-state index in [0.29, 0.717) is 12.1 Å². The molecule has 4 rings (SSSR count). The molecule has 1 saturated heterocycles. The van der Waals surface area contributed by atoms with Crippen LogP contribution in [0.3, 0.4) is 0 Å². The number of halogens is 2. The number of hydrogen-bond acceptors (Lipinski definition) is 5. The molecule has 3 aromatic rings. The van der Waals surface area contributed by atoms with Crippen molar-refractivity contribution in [2.75, 3.05) is 12.4 Å². The monoisotopic (exact) mass is 479 g/mol. The molecule has 3 atom stereocenters. The molecule has 0 spiro atoms. The maximum absolute atomic E-state index is 13.4. The zero-order valence-corrected chi connectivity index (χ0v) is 19.5. The van der Waals surface area contributed by atoms with E-state index in [1.807, 2.05) is 28.4 Å². The highest BCUT2D eigenvalue weighted by Gasteiger charge is 2.34. The van der Waals surface area contributed by atoms with Gasteiger partial charge in [0.2, 0.25) is 5.91 Å². The number of nitrogens with zero attached hydrogens (tertiary/aromatic N) is 3. The Morgan fingerprint density at radius 1 is 1.45 bits per heavy atom. The first-order valence-electron chi connectivity index (χ1n) is 9.76. The van der Waals surface area contributed by atoms with E-state index in [0.717, 1.165) is 22.5 Å². The third-order valence-corrected chi connectivity index (χ3v) is 8.11. The van der Waals surface area contributed by atoms with E-state index in [1.165, 1.54) is 18.2 Å². The smallest absolute Gasteiger partial charge is 0.242 e. The Morgan fingerprint density at radius 3 is 2.97 bits per heavy atom. The molecular weight excluding hydrogens is 457 g/mol. The molecule has 6 nitrogen and oxygen atoms in total. The van der Waals surface area contributed by atoms with Crippen LogP contribution in [-0.4, -0.2) is 39.0 Å². The van der Waals surface area contributed by atoms with Crippen molar-refractivity contribution < 1.29 is 9.18 Å². The van der Waals surface area contributed by atoms with Crippen LogP contribution in [0.5, 0.6) is 0 Å². The minimum absolute atomic E-state index is 0.00422. The highest BCUT2D eigenvalue weighted by Crippen LogP contribution is 2.38. The predicted octanol–water partition coefficient (Wildman–Crippen LogP) is 4.93. The Kier molecular flexibility index (Phi) is 6.59. The topological polar surface area (TPSA) is 62.2 Å². The van der Waals surface area contributed by atoms with Crippen molar-refractivity contribution in [2.45, 2.75) is 32.0 Å². The van der Waals surface area contributed by atoms with Crippen LogP contribution in [0.2, 0.25) is 5.02 Å². The lowest BCUT2D eigenvalue weighted by Gasteiger charge is -2.38. The normalized spacial score (nSPS) is 21.9. The number of carbonyl (C=O) groups is 1. The second kappa shape index (κ2) is 9.22. The zero-order chi connectivity index (χ0) is 22.1. The van der Waals surface area contributed by atoms with Crippen LogP contribution in [0.4, 0.5) is 10.1 Å². The van der Waals surface area contributed by atoms with Crippen LogP contribution in [0.15, 0.2) is 42.0 Å². The van der Waals surface area contributed by atoms with Crippen LogP contribution in [0, 0.1) is 5.82 Å². The summed E-state index contributed by atoms with van der Waals surface area (Å²) in [6.45, 7) is 2.88. The van der Waals surface area contributed by atoms with Crippen molar-refractivity contribution in [1.29, 1.82) is 0 Å². The summed E-state index contributed by atoms with van der Waals surface area (Å²) >= 11 is 7.50. The number of amides is 1. The average molecular weight is 480 g/mol. The molecule has 0 saturated carbocycles. The molecule has 0 aliphatic carbocycles. The molecule has 1 aliphatic heterocycles.